The van der Waals surface area contributed by atoms with E-state index in [4.69, 9.17) is 0 Å². The highest BCUT2D eigenvalue weighted by molar-refractivity contribution is 6.10. The van der Waals surface area contributed by atoms with Crippen molar-refractivity contribution in [1.29, 1.82) is 0 Å². The van der Waals surface area contributed by atoms with Gasteiger partial charge in [0.2, 0.25) is 0 Å². The lowest BCUT2D eigenvalue weighted by Crippen LogP contribution is -2.34. The molecule has 5 heteroatoms. The van der Waals surface area contributed by atoms with E-state index in [-0.39, 0.29) is 11.3 Å². The molecule has 3 rings (SSSR count). The first kappa shape index (κ1) is 14.6. The third-order valence-corrected chi connectivity index (χ3v) is 3.37. The molecular weight excluding hydrogens is 292 g/mol. The molecule has 0 aliphatic rings. The van der Waals surface area contributed by atoms with Crippen LogP contribution in [-0.4, -0.2) is 17.0 Å². The van der Waals surface area contributed by atoms with E-state index < -0.39 is 11.9 Å². The molecule has 0 saturated carbocycles. The summed E-state index contributed by atoms with van der Waals surface area (Å²) in [6.45, 7) is 0. The van der Waals surface area contributed by atoms with Crippen LogP contribution in [0.2, 0.25) is 0 Å². The van der Waals surface area contributed by atoms with Crippen molar-refractivity contribution in [3.63, 3.8) is 0 Å². The molecule has 23 heavy (non-hydrogen) atoms. The van der Waals surface area contributed by atoms with E-state index in [0.29, 0.717) is 5.69 Å². The van der Waals surface area contributed by atoms with Gasteiger partial charge in [0.15, 0.2) is 0 Å². The smallest absolute Gasteiger partial charge is 0.326 e. The minimum Gasteiger partial charge on any atom is -0.507 e. The van der Waals surface area contributed by atoms with Gasteiger partial charge in [-0.3, -0.25) is 10.1 Å². The monoisotopic (exact) mass is 306 g/mol. The maximum absolute atomic E-state index is 12.2. The number of imide groups is 1. The average Bonchev–Trinajstić information content (AvgIpc) is 2.55. The Labute approximate surface area is 132 Å². The summed E-state index contributed by atoms with van der Waals surface area (Å²) in [5.74, 6) is -0.838. The lowest BCUT2D eigenvalue weighted by Gasteiger charge is -2.09. The van der Waals surface area contributed by atoms with Gasteiger partial charge in [0.1, 0.15) is 5.75 Å². The van der Waals surface area contributed by atoms with Crippen LogP contribution in [0, 0.1) is 0 Å². The fraction of sp³-hybridized carbons (Fsp3) is 0. The first-order chi connectivity index (χ1) is 11.1. The number of carbonyl (C=O) groups is 2. The molecule has 5 nitrogen and oxygen atoms in total. The largest absolute Gasteiger partial charge is 0.507 e. The minimum atomic E-state index is -0.665. The average molecular weight is 306 g/mol. The minimum absolute atomic E-state index is 0.0481. The summed E-state index contributed by atoms with van der Waals surface area (Å²) in [7, 11) is 0. The lowest BCUT2D eigenvalue weighted by atomic mass is 10.1. The van der Waals surface area contributed by atoms with E-state index in [1.807, 2.05) is 30.3 Å². The van der Waals surface area contributed by atoms with Crippen molar-refractivity contribution in [1.82, 2.24) is 5.32 Å². The Morgan fingerprint density at radius 2 is 1.43 bits per heavy atom. The third kappa shape index (κ3) is 3.29. The Hall–Kier alpha value is -3.34. The number of hydrogen-bond donors (Lipinski definition) is 3. The summed E-state index contributed by atoms with van der Waals surface area (Å²) in [4.78, 5) is 24.0. The Bertz CT molecular complexity index is 876. The number of benzene rings is 3. The highest BCUT2D eigenvalue weighted by Crippen LogP contribution is 2.24. The number of para-hydroxylation sites is 1. The number of nitrogens with one attached hydrogen (secondary N) is 2. The predicted molar refractivity (Wildman–Crippen MR) is 88.5 cm³/mol. The number of phenols is 1. The molecule has 3 N–H and O–H groups in total. The van der Waals surface area contributed by atoms with Gasteiger partial charge < -0.3 is 10.4 Å². The van der Waals surface area contributed by atoms with Crippen molar-refractivity contribution in [2.24, 2.45) is 0 Å². The van der Waals surface area contributed by atoms with Gasteiger partial charge in [0, 0.05) is 5.69 Å². The second-order valence-corrected chi connectivity index (χ2v) is 4.99. The van der Waals surface area contributed by atoms with E-state index in [2.05, 4.69) is 10.6 Å². The fourth-order valence-corrected chi connectivity index (χ4v) is 2.26. The van der Waals surface area contributed by atoms with E-state index in [9.17, 15) is 14.7 Å². The summed E-state index contributed by atoms with van der Waals surface area (Å²) in [5.41, 5.74) is 0.618. The number of anilines is 1. The van der Waals surface area contributed by atoms with E-state index in [0.717, 1.165) is 10.8 Å². The molecule has 0 aliphatic heterocycles. The predicted octanol–water partition coefficient (Wildman–Crippen LogP) is 3.51. The van der Waals surface area contributed by atoms with E-state index >= 15 is 0 Å². The van der Waals surface area contributed by atoms with Crippen molar-refractivity contribution in [2.75, 3.05) is 5.32 Å². The fourth-order valence-electron chi connectivity index (χ4n) is 2.26. The van der Waals surface area contributed by atoms with Gasteiger partial charge in [-0.15, -0.1) is 0 Å². The molecule has 0 bridgehead atoms. The Morgan fingerprint density at radius 1 is 0.826 bits per heavy atom. The summed E-state index contributed by atoms with van der Waals surface area (Å²) in [6, 6.07) is 18.5. The quantitative estimate of drug-likeness (QED) is 0.678. The van der Waals surface area contributed by atoms with Crippen LogP contribution in [0.15, 0.2) is 66.7 Å². The molecule has 0 saturated heterocycles. The molecule has 3 aromatic carbocycles. The number of aromatic hydroxyl groups is 1. The number of fused-ring (bicyclic) bond motifs is 1. The number of rotatable bonds is 2. The number of amides is 3. The molecule has 3 amide bonds. The van der Waals surface area contributed by atoms with Crippen molar-refractivity contribution < 1.29 is 14.7 Å². The Morgan fingerprint density at radius 3 is 2.13 bits per heavy atom. The van der Waals surface area contributed by atoms with Crippen LogP contribution in [-0.2, 0) is 0 Å². The van der Waals surface area contributed by atoms with Gasteiger partial charge in [-0.1, -0.05) is 42.5 Å². The molecular formula is C18H14N2O3. The highest BCUT2D eigenvalue weighted by Gasteiger charge is 2.15. The van der Waals surface area contributed by atoms with Crippen LogP contribution in [0.3, 0.4) is 0 Å². The van der Waals surface area contributed by atoms with E-state index in [1.165, 1.54) is 6.07 Å². The van der Waals surface area contributed by atoms with E-state index in [1.54, 1.807) is 30.3 Å². The van der Waals surface area contributed by atoms with Crippen LogP contribution in [0.25, 0.3) is 10.8 Å². The summed E-state index contributed by atoms with van der Waals surface area (Å²) >= 11 is 0. The summed E-state index contributed by atoms with van der Waals surface area (Å²) in [6.07, 6.45) is 0. The topological polar surface area (TPSA) is 78.4 Å². The van der Waals surface area contributed by atoms with Gasteiger partial charge in [-0.2, -0.15) is 0 Å². The van der Waals surface area contributed by atoms with Crippen LogP contribution in [0.1, 0.15) is 10.4 Å². The van der Waals surface area contributed by atoms with Gasteiger partial charge in [0.05, 0.1) is 5.56 Å². The summed E-state index contributed by atoms with van der Waals surface area (Å²) in [5, 5.41) is 16.4. The standard InChI is InChI=1S/C18H14N2O3/c21-16-11-13-7-5-4-6-12(13)10-15(16)17(22)20-18(23)19-14-8-2-1-3-9-14/h1-11,21H,(H2,19,20,22,23). The van der Waals surface area contributed by atoms with Crippen LogP contribution < -0.4 is 10.6 Å². The van der Waals surface area contributed by atoms with Crippen molar-refractivity contribution >= 4 is 28.4 Å². The van der Waals surface area contributed by atoms with Crippen molar-refractivity contribution in [3.05, 3.63) is 72.3 Å². The SMILES string of the molecule is O=C(NC(=O)c1cc2ccccc2cc1O)Nc1ccccc1. The third-order valence-electron chi connectivity index (χ3n) is 3.37. The zero-order valence-corrected chi connectivity index (χ0v) is 12.1. The summed E-state index contributed by atoms with van der Waals surface area (Å²) < 4.78 is 0. The van der Waals surface area contributed by atoms with Crippen molar-refractivity contribution in [2.45, 2.75) is 0 Å². The molecule has 0 aromatic heterocycles. The molecule has 3 aromatic rings. The normalized spacial score (nSPS) is 10.3. The van der Waals surface area contributed by atoms with Gasteiger partial charge in [0.25, 0.3) is 5.91 Å². The molecule has 0 unspecified atom stereocenters. The Balaban J connectivity index is 1.78. The maximum atomic E-state index is 12.2. The molecule has 114 valence electrons. The molecule has 0 heterocycles. The van der Waals surface area contributed by atoms with Gasteiger partial charge in [-0.25, -0.2) is 4.79 Å². The highest BCUT2D eigenvalue weighted by atomic mass is 16.3. The zero-order chi connectivity index (χ0) is 16.2. The second-order valence-electron chi connectivity index (χ2n) is 4.99. The molecule has 0 aliphatic carbocycles. The molecule has 0 fully saturated rings. The van der Waals surface area contributed by atoms with Crippen LogP contribution in [0.5, 0.6) is 5.75 Å². The number of urea groups is 1. The maximum Gasteiger partial charge on any atom is 0.326 e. The molecule has 0 atom stereocenters. The van der Waals surface area contributed by atoms with Gasteiger partial charge in [-0.05, 0) is 35.0 Å². The number of carbonyl (C=O) groups excluding carboxylic acids is 2. The first-order valence-electron chi connectivity index (χ1n) is 7.02. The zero-order valence-electron chi connectivity index (χ0n) is 12.1. The number of phenolic OH excluding ortho intramolecular Hbond substituents is 1. The first-order valence-corrected chi connectivity index (χ1v) is 7.02. The molecule has 0 spiro atoms. The lowest BCUT2D eigenvalue weighted by molar-refractivity contribution is 0.0964. The van der Waals surface area contributed by atoms with Crippen LogP contribution >= 0.6 is 0 Å². The second kappa shape index (κ2) is 6.19. The molecule has 0 radical (unpaired) electrons. The Kier molecular flexibility index (Phi) is 3.93. The van der Waals surface area contributed by atoms with Crippen molar-refractivity contribution in [3.8, 4) is 5.75 Å². The number of hydrogen-bond acceptors (Lipinski definition) is 3. The van der Waals surface area contributed by atoms with Gasteiger partial charge >= 0.3 is 6.03 Å². The van der Waals surface area contributed by atoms with Crippen LogP contribution in [0.4, 0.5) is 10.5 Å².